The largest absolute Gasteiger partial charge is 0.390 e. The molecule has 0 saturated carbocycles. The van der Waals surface area contributed by atoms with Crippen LogP contribution >= 0.6 is 0 Å². The molecule has 5 rings (SSSR count). The first-order valence-electron chi connectivity index (χ1n) is 10.4. The van der Waals surface area contributed by atoms with Gasteiger partial charge in [0.05, 0.1) is 12.3 Å². The second kappa shape index (κ2) is 12.7. The van der Waals surface area contributed by atoms with Crippen LogP contribution in [0.1, 0.15) is 5.69 Å². The smallest absolute Gasteiger partial charge is 0.0843 e. The third-order valence-corrected chi connectivity index (χ3v) is 4.76. The van der Waals surface area contributed by atoms with Crippen LogP contribution in [0, 0.1) is 23.8 Å². The Bertz CT molecular complexity index is 1310. The summed E-state index contributed by atoms with van der Waals surface area (Å²) in [6.07, 6.45) is 3.58. The molecule has 0 amide bonds. The minimum atomic E-state index is -0.720. The molecule has 0 saturated heterocycles. The van der Waals surface area contributed by atoms with Crippen molar-refractivity contribution in [1.29, 1.82) is 0 Å². The first kappa shape index (κ1) is 26.0. The summed E-state index contributed by atoms with van der Waals surface area (Å²) in [4.78, 5) is 12.7. The molecular weight excluding hydrogens is 625 g/mol. The SMILES string of the molecule is OCc1cccc(-c2[c-]cc(F)cc2F)n1.[Ir].[c-]1c(-c2ccccn2)cccc1-c1ccccn1. The van der Waals surface area contributed by atoms with Crippen molar-refractivity contribution < 1.29 is 34.0 Å². The number of aliphatic hydroxyl groups is 1. The quantitative estimate of drug-likeness (QED) is 0.247. The molecule has 0 aliphatic heterocycles. The van der Waals surface area contributed by atoms with Gasteiger partial charge >= 0.3 is 0 Å². The first-order valence-corrected chi connectivity index (χ1v) is 10.4. The van der Waals surface area contributed by atoms with Crippen LogP contribution in [0.4, 0.5) is 8.78 Å². The van der Waals surface area contributed by atoms with Gasteiger partial charge in [0.15, 0.2) is 0 Å². The molecule has 3 heterocycles. The van der Waals surface area contributed by atoms with Gasteiger partial charge in [-0.1, -0.05) is 59.2 Å². The second-order valence-electron chi connectivity index (χ2n) is 7.12. The first-order chi connectivity index (χ1) is 16.6. The van der Waals surface area contributed by atoms with E-state index >= 15 is 0 Å². The van der Waals surface area contributed by atoms with E-state index in [1.165, 1.54) is 0 Å². The standard InChI is InChI=1S/C16H11N2.C12H8F2NO.Ir/c1-3-10-17-15(8-1)13-6-5-7-14(12-13)16-9-2-4-11-18-16;13-8-4-5-10(11(14)6-8)12-3-1-2-9(7-16)15-12;/h1-11H;1-4,6,16H,7H2;/q2*-1;. The fourth-order valence-electron chi connectivity index (χ4n) is 3.16. The molecule has 7 heteroatoms. The Balaban J connectivity index is 0.000000192. The van der Waals surface area contributed by atoms with Gasteiger partial charge in [-0.3, -0.25) is 23.7 Å². The van der Waals surface area contributed by atoms with E-state index in [2.05, 4.69) is 27.1 Å². The number of rotatable bonds is 4. The van der Waals surface area contributed by atoms with E-state index in [1.807, 2.05) is 54.6 Å². The Morgan fingerprint density at radius 1 is 0.743 bits per heavy atom. The summed E-state index contributed by atoms with van der Waals surface area (Å²) in [5.74, 6) is -1.40. The van der Waals surface area contributed by atoms with Crippen LogP contribution in [-0.4, -0.2) is 20.1 Å². The molecule has 3 aromatic heterocycles. The molecule has 2 aromatic carbocycles. The fraction of sp³-hybridized carbons (Fsp3) is 0.0357. The second-order valence-corrected chi connectivity index (χ2v) is 7.12. The topological polar surface area (TPSA) is 58.9 Å². The minimum absolute atomic E-state index is 0. The Hall–Kier alpha value is -3.64. The maximum absolute atomic E-state index is 13.4. The molecule has 0 atom stereocenters. The Labute approximate surface area is 215 Å². The van der Waals surface area contributed by atoms with Gasteiger partial charge in [-0.05, 0) is 23.9 Å². The van der Waals surface area contributed by atoms with Gasteiger partial charge in [0, 0.05) is 55.5 Å². The Kier molecular flexibility index (Phi) is 9.44. The molecule has 0 fully saturated rings. The van der Waals surface area contributed by atoms with E-state index in [9.17, 15) is 8.78 Å². The van der Waals surface area contributed by atoms with Crippen LogP contribution in [0.5, 0.6) is 0 Å². The number of halogens is 2. The summed E-state index contributed by atoms with van der Waals surface area (Å²) in [5, 5.41) is 8.90. The number of nitrogens with zero attached hydrogens (tertiary/aromatic N) is 3. The van der Waals surface area contributed by atoms with Crippen molar-refractivity contribution >= 4 is 0 Å². The number of hydrogen-bond acceptors (Lipinski definition) is 4. The summed E-state index contributed by atoms with van der Waals surface area (Å²) in [5.41, 5.74) is 4.67. The number of pyridine rings is 3. The van der Waals surface area contributed by atoms with Crippen molar-refractivity contribution in [2.75, 3.05) is 0 Å². The van der Waals surface area contributed by atoms with Gasteiger partial charge < -0.3 is 5.11 Å². The molecule has 0 spiro atoms. The summed E-state index contributed by atoms with van der Waals surface area (Å²) in [6.45, 7) is -0.226. The molecule has 1 radical (unpaired) electrons. The molecule has 5 aromatic rings. The van der Waals surface area contributed by atoms with Crippen molar-refractivity contribution in [2.45, 2.75) is 6.61 Å². The summed E-state index contributed by atoms with van der Waals surface area (Å²) < 4.78 is 26.1. The molecule has 0 aliphatic rings. The zero-order chi connectivity index (χ0) is 23.8. The average molecular weight is 644 g/mol. The van der Waals surface area contributed by atoms with E-state index in [0.717, 1.165) is 34.6 Å². The molecule has 0 unspecified atom stereocenters. The number of benzene rings is 2. The summed E-state index contributed by atoms with van der Waals surface area (Å²) >= 11 is 0. The molecule has 4 nitrogen and oxygen atoms in total. The van der Waals surface area contributed by atoms with Gasteiger partial charge in [-0.15, -0.1) is 36.4 Å². The van der Waals surface area contributed by atoms with Crippen molar-refractivity contribution in [3.63, 3.8) is 0 Å². The maximum Gasteiger partial charge on any atom is 0.0843 e. The van der Waals surface area contributed by atoms with Gasteiger partial charge in [0.1, 0.15) is 0 Å². The van der Waals surface area contributed by atoms with Gasteiger partial charge in [0.2, 0.25) is 0 Å². The normalized spacial score (nSPS) is 10.0. The zero-order valence-corrected chi connectivity index (χ0v) is 20.7. The molecule has 0 aliphatic carbocycles. The van der Waals surface area contributed by atoms with E-state index in [1.54, 1.807) is 30.6 Å². The average Bonchev–Trinajstić information content (AvgIpc) is 2.90. The Morgan fingerprint density at radius 3 is 1.89 bits per heavy atom. The summed E-state index contributed by atoms with van der Waals surface area (Å²) in [6, 6.07) is 30.2. The van der Waals surface area contributed by atoms with E-state index in [0.29, 0.717) is 11.4 Å². The molecular formula is C28H19F2IrN3O-2. The van der Waals surface area contributed by atoms with Crippen molar-refractivity contribution in [2.24, 2.45) is 0 Å². The van der Waals surface area contributed by atoms with Crippen molar-refractivity contribution in [3.05, 3.63) is 127 Å². The number of aromatic nitrogens is 3. The minimum Gasteiger partial charge on any atom is -0.390 e. The zero-order valence-electron chi connectivity index (χ0n) is 18.3. The van der Waals surface area contributed by atoms with E-state index in [-0.39, 0.29) is 32.3 Å². The predicted octanol–water partition coefficient (Wildman–Crippen LogP) is 5.93. The Morgan fingerprint density at radius 2 is 1.34 bits per heavy atom. The van der Waals surface area contributed by atoms with Gasteiger partial charge in [-0.2, -0.15) is 0 Å². The van der Waals surface area contributed by atoms with Crippen LogP contribution in [0.3, 0.4) is 0 Å². The maximum atomic E-state index is 13.4. The van der Waals surface area contributed by atoms with Crippen molar-refractivity contribution in [3.8, 4) is 33.8 Å². The number of aliphatic hydroxyl groups excluding tert-OH is 1. The third-order valence-electron chi connectivity index (χ3n) is 4.76. The van der Waals surface area contributed by atoms with Gasteiger partial charge in [0.25, 0.3) is 0 Å². The van der Waals surface area contributed by atoms with Crippen molar-refractivity contribution in [1.82, 2.24) is 15.0 Å². The monoisotopic (exact) mass is 644 g/mol. The fourth-order valence-corrected chi connectivity index (χ4v) is 3.16. The molecule has 35 heavy (non-hydrogen) atoms. The third kappa shape index (κ3) is 6.93. The number of hydrogen-bond donors (Lipinski definition) is 1. The van der Waals surface area contributed by atoms with E-state index in [4.69, 9.17) is 5.11 Å². The van der Waals surface area contributed by atoms with Crippen LogP contribution in [0.25, 0.3) is 33.8 Å². The van der Waals surface area contributed by atoms with Crippen LogP contribution in [0.2, 0.25) is 0 Å². The predicted molar refractivity (Wildman–Crippen MR) is 126 cm³/mol. The van der Waals surface area contributed by atoms with Crippen LogP contribution in [-0.2, 0) is 26.7 Å². The van der Waals surface area contributed by atoms with Gasteiger partial charge in [-0.25, -0.2) is 0 Å². The molecule has 0 bridgehead atoms. The molecule has 1 N–H and O–H groups in total. The van der Waals surface area contributed by atoms with E-state index < -0.39 is 11.6 Å². The molecule has 177 valence electrons. The van der Waals surface area contributed by atoms with Crippen LogP contribution < -0.4 is 0 Å². The summed E-state index contributed by atoms with van der Waals surface area (Å²) in [7, 11) is 0. The van der Waals surface area contributed by atoms with Crippen LogP contribution in [0.15, 0.2) is 97.3 Å².